The van der Waals surface area contributed by atoms with Crippen LogP contribution in [0.4, 0.5) is 0 Å². The van der Waals surface area contributed by atoms with Gasteiger partial charge in [0.1, 0.15) is 9.84 Å². The Bertz CT molecular complexity index is 417. The first kappa shape index (κ1) is 14.9. The number of carbonyl (C=O) groups is 2. The molecule has 2 unspecified atom stereocenters. The molecule has 18 heavy (non-hydrogen) atoms. The van der Waals surface area contributed by atoms with Crippen molar-refractivity contribution in [1.29, 1.82) is 0 Å². The summed E-state index contributed by atoms with van der Waals surface area (Å²) in [6.07, 6.45) is 3.06. The second-order valence-electron chi connectivity index (χ2n) is 4.82. The van der Waals surface area contributed by atoms with Crippen LogP contribution < -0.4 is 5.32 Å². The maximum Gasteiger partial charge on any atom is 0.306 e. The Morgan fingerprint density at radius 3 is 2.39 bits per heavy atom. The standard InChI is InChI=1S/C11H19NO5S/c1-18(16,17)6-2-5-12-10(13)8-3-4-9(7-8)11(14)15/h8-9H,2-7H2,1H3,(H,12,13)(H,14,15). The van der Waals surface area contributed by atoms with E-state index in [0.717, 1.165) is 6.26 Å². The van der Waals surface area contributed by atoms with E-state index in [0.29, 0.717) is 32.2 Å². The van der Waals surface area contributed by atoms with Crippen molar-refractivity contribution in [3.63, 3.8) is 0 Å². The van der Waals surface area contributed by atoms with E-state index in [9.17, 15) is 18.0 Å². The molecule has 0 spiro atoms. The number of carbonyl (C=O) groups excluding carboxylic acids is 1. The average Bonchev–Trinajstić information content (AvgIpc) is 2.72. The van der Waals surface area contributed by atoms with Crippen molar-refractivity contribution in [2.24, 2.45) is 11.8 Å². The Kier molecular flexibility index (Phi) is 5.13. The van der Waals surface area contributed by atoms with E-state index in [-0.39, 0.29) is 17.6 Å². The zero-order valence-electron chi connectivity index (χ0n) is 10.4. The summed E-state index contributed by atoms with van der Waals surface area (Å²) in [7, 11) is -2.99. The molecule has 0 aromatic carbocycles. The minimum atomic E-state index is -2.99. The summed E-state index contributed by atoms with van der Waals surface area (Å²) < 4.78 is 21.7. The molecular formula is C11H19NO5S. The van der Waals surface area contributed by atoms with Crippen LogP contribution in [0.5, 0.6) is 0 Å². The number of sulfone groups is 1. The Morgan fingerprint density at radius 2 is 1.89 bits per heavy atom. The molecule has 7 heteroatoms. The fraction of sp³-hybridized carbons (Fsp3) is 0.818. The molecule has 1 aliphatic carbocycles. The maximum atomic E-state index is 11.7. The number of aliphatic carboxylic acids is 1. The second kappa shape index (κ2) is 6.17. The average molecular weight is 277 g/mol. The van der Waals surface area contributed by atoms with Crippen LogP contribution in [0.15, 0.2) is 0 Å². The first-order chi connectivity index (χ1) is 8.29. The van der Waals surface area contributed by atoms with Gasteiger partial charge in [-0.15, -0.1) is 0 Å². The van der Waals surface area contributed by atoms with Gasteiger partial charge in [0.15, 0.2) is 0 Å². The first-order valence-corrected chi connectivity index (χ1v) is 8.04. The lowest BCUT2D eigenvalue weighted by Gasteiger charge is -2.10. The monoisotopic (exact) mass is 277 g/mol. The van der Waals surface area contributed by atoms with Crippen LogP contribution in [0.3, 0.4) is 0 Å². The highest BCUT2D eigenvalue weighted by molar-refractivity contribution is 7.90. The van der Waals surface area contributed by atoms with Gasteiger partial charge >= 0.3 is 5.97 Å². The Balaban J connectivity index is 2.24. The lowest BCUT2D eigenvalue weighted by atomic mass is 10.0. The molecule has 6 nitrogen and oxygen atoms in total. The number of amides is 1. The first-order valence-electron chi connectivity index (χ1n) is 5.98. The summed E-state index contributed by atoms with van der Waals surface area (Å²) in [6.45, 7) is 0.320. The molecule has 0 bridgehead atoms. The van der Waals surface area contributed by atoms with Gasteiger partial charge in [-0.3, -0.25) is 9.59 Å². The molecule has 1 rings (SSSR count). The van der Waals surface area contributed by atoms with E-state index < -0.39 is 21.7 Å². The highest BCUT2D eigenvalue weighted by Gasteiger charge is 2.33. The molecule has 0 saturated heterocycles. The van der Waals surface area contributed by atoms with Crippen molar-refractivity contribution in [3.8, 4) is 0 Å². The van der Waals surface area contributed by atoms with Crippen LogP contribution in [-0.2, 0) is 19.4 Å². The fourth-order valence-corrected chi connectivity index (χ4v) is 2.80. The molecule has 0 aliphatic heterocycles. The lowest BCUT2D eigenvalue weighted by molar-refractivity contribution is -0.141. The second-order valence-corrected chi connectivity index (χ2v) is 7.08. The van der Waals surface area contributed by atoms with Gasteiger partial charge in [-0.2, -0.15) is 0 Å². The summed E-state index contributed by atoms with van der Waals surface area (Å²) in [5, 5.41) is 11.5. The molecule has 2 atom stereocenters. The maximum absolute atomic E-state index is 11.7. The number of carboxylic acids is 1. The van der Waals surface area contributed by atoms with E-state index in [1.807, 2.05) is 0 Å². The van der Waals surface area contributed by atoms with Crippen LogP contribution in [0.1, 0.15) is 25.7 Å². The molecule has 0 heterocycles. The van der Waals surface area contributed by atoms with Crippen LogP contribution >= 0.6 is 0 Å². The van der Waals surface area contributed by atoms with Gasteiger partial charge in [0.05, 0.1) is 11.7 Å². The molecule has 2 N–H and O–H groups in total. The van der Waals surface area contributed by atoms with E-state index >= 15 is 0 Å². The van der Waals surface area contributed by atoms with Crippen LogP contribution in [0.2, 0.25) is 0 Å². The van der Waals surface area contributed by atoms with Gasteiger partial charge < -0.3 is 10.4 Å². The van der Waals surface area contributed by atoms with E-state index in [2.05, 4.69) is 5.32 Å². The van der Waals surface area contributed by atoms with Crippen molar-refractivity contribution in [1.82, 2.24) is 5.32 Å². The summed E-state index contributed by atoms with van der Waals surface area (Å²) in [5.41, 5.74) is 0. The number of hydrogen-bond acceptors (Lipinski definition) is 4. The van der Waals surface area contributed by atoms with Crippen LogP contribution in [0, 0.1) is 11.8 Å². The van der Waals surface area contributed by atoms with E-state index in [4.69, 9.17) is 5.11 Å². The lowest BCUT2D eigenvalue weighted by Crippen LogP contribution is -2.31. The van der Waals surface area contributed by atoms with E-state index in [1.54, 1.807) is 0 Å². The molecule has 1 saturated carbocycles. The molecule has 0 aromatic heterocycles. The number of carboxylic acid groups (broad SMARTS) is 1. The van der Waals surface area contributed by atoms with Gasteiger partial charge in [-0.25, -0.2) is 8.42 Å². The Labute approximate surface area is 107 Å². The largest absolute Gasteiger partial charge is 0.481 e. The summed E-state index contributed by atoms with van der Waals surface area (Å²) >= 11 is 0. The molecule has 1 aliphatic rings. The van der Waals surface area contributed by atoms with Crippen molar-refractivity contribution >= 4 is 21.7 Å². The van der Waals surface area contributed by atoms with Crippen LogP contribution in [0.25, 0.3) is 0 Å². The highest BCUT2D eigenvalue weighted by Crippen LogP contribution is 2.30. The summed E-state index contributed by atoms with van der Waals surface area (Å²) in [4.78, 5) is 22.4. The van der Waals surface area contributed by atoms with Crippen LogP contribution in [-0.4, -0.2) is 44.0 Å². The third kappa shape index (κ3) is 5.03. The third-order valence-corrected chi connectivity index (χ3v) is 4.17. The van der Waals surface area contributed by atoms with Crippen molar-refractivity contribution < 1.29 is 23.1 Å². The molecule has 0 aromatic rings. The normalized spacial score (nSPS) is 23.8. The van der Waals surface area contributed by atoms with Gasteiger partial charge in [-0.05, 0) is 25.7 Å². The topological polar surface area (TPSA) is 101 Å². The predicted molar refractivity (Wildman–Crippen MR) is 65.8 cm³/mol. The molecule has 104 valence electrons. The van der Waals surface area contributed by atoms with Gasteiger partial charge in [0, 0.05) is 18.7 Å². The summed E-state index contributed by atoms with van der Waals surface area (Å²) in [5.74, 6) is -1.62. The van der Waals surface area contributed by atoms with Crippen molar-refractivity contribution in [2.45, 2.75) is 25.7 Å². The minimum Gasteiger partial charge on any atom is -0.481 e. The number of rotatable bonds is 6. The predicted octanol–water partition coefficient (Wildman–Crippen LogP) is 0.0382. The molecular weight excluding hydrogens is 258 g/mol. The zero-order chi connectivity index (χ0) is 13.8. The zero-order valence-corrected chi connectivity index (χ0v) is 11.2. The van der Waals surface area contributed by atoms with Gasteiger partial charge in [0.25, 0.3) is 0 Å². The number of nitrogens with one attached hydrogen (secondary N) is 1. The van der Waals surface area contributed by atoms with Gasteiger partial charge in [-0.1, -0.05) is 0 Å². The number of hydrogen-bond donors (Lipinski definition) is 2. The molecule has 1 fully saturated rings. The Hall–Kier alpha value is -1.11. The quantitative estimate of drug-likeness (QED) is 0.667. The SMILES string of the molecule is CS(=O)(=O)CCCNC(=O)C1CCC(C(=O)O)C1. The molecule has 1 amide bonds. The van der Waals surface area contributed by atoms with Crippen molar-refractivity contribution in [3.05, 3.63) is 0 Å². The third-order valence-electron chi connectivity index (χ3n) is 3.14. The minimum absolute atomic E-state index is 0.0513. The highest BCUT2D eigenvalue weighted by atomic mass is 32.2. The summed E-state index contributed by atoms with van der Waals surface area (Å²) in [6, 6.07) is 0. The van der Waals surface area contributed by atoms with Crippen molar-refractivity contribution in [2.75, 3.05) is 18.6 Å². The molecule has 0 radical (unpaired) electrons. The van der Waals surface area contributed by atoms with Gasteiger partial charge in [0.2, 0.25) is 5.91 Å². The fourth-order valence-electron chi connectivity index (χ4n) is 2.13. The van der Waals surface area contributed by atoms with E-state index in [1.165, 1.54) is 0 Å². The Morgan fingerprint density at radius 1 is 1.28 bits per heavy atom. The smallest absolute Gasteiger partial charge is 0.306 e.